The van der Waals surface area contributed by atoms with Gasteiger partial charge in [0.1, 0.15) is 19.3 Å². The van der Waals surface area contributed by atoms with Gasteiger partial charge in [0, 0.05) is 38.5 Å². The Morgan fingerprint density at radius 1 is 0.974 bits per heavy atom. The number of carboxylic acid groups (broad SMARTS) is 1. The second kappa shape index (κ2) is 21.9. The number of aliphatic carboxylic acids is 1. The van der Waals surface area contributed by atoms with Crippen LogP contribution >= 0.6 is 0 Å². The molecule has 1 aromatic heterocycles. The first-order valence-electron chi connectivity index (χ1n) is 12.8. The Hall–Kier alpha value is -2.95. The van der Waals surface area contributed by atoms with E-state index in [9.17, 15) is 24.3 Å². The molecule has 0 radical (unpaired) electrons. The molecule has 1 aromatic rings. The highest BCUT2D eigenvalue weighted by molar-refractivity contribution is 5.86. The van der Waals surface area contributed by atoms with Crippen molar-refractivity contribution >= 4 is 23.6 Å². The van der Waals surface area contributed by atoms with E-state index in [0.717, 1.165) is 5.69 Å². The Labute approximate surface area is 227 Å². The standard InChI is InChI=1S/C24H42N6O9/c1-36-8-9-38-16-23(33)28-6-7-37-10-11-39-15-22(32)27-5-3-2-4-20(24(34)35)29-14-21(31)19(25)12-18-13-26-17-30-18/h13,17,19-20,29H,2-12,14-16,25H2,1H3,(H,26,30)(H,27,32)(H,28,33)(H,34,35)/t19-,20-/m0/s1. The molecule has 0 aliphatic heterocycles. The molecule has 0 aromatic carbocycles. The topological polar surface area (TPSA) is 216 Å². The number of carbonyl (C=O) groups excluding carboxylic acids is 3. The van der Waals surface area contributed by atoms with Crippen LogP contribution in [-0.2, 0) is 44.5 Å². The van der Waals surface area contributed by atoms with Gasteiger partial charge in [0.2, 0.25) is 11.8 Å². The summed E-state index contributed by atoms with van der Waals surface area (Å²) in [4.78, 5) is 53.7. The Morgan fingerprint density at radius 3 is 2.28 bits per heavy atom. The summed E-state index contributed by atoms with van der Waals surface area (Å²) < 4.78 is 20.5. The number of nitrogens with one attached hydrogen (secondary N) is 4. The molecular weight excluding hydrogens is 516 g/mol. The zero-order valence-electron chi connectivity index (χ0n) is 22.4. The zero-order valence-corrected chi connectivity index (χ0v) is 22.4. The van der Waals surface area contributed by atoms with E-state index < -0.39 is 18.1 Å². The normalized spacial score (nSPS) is 12.6. The molecule has 0 unspecified atom stereocenters. The highest BCUT2D eigenvalue weighted by Crippen LogP contribution is 2.02. The van der Waals surface area contributed by atoms with E-state index in [-0.39, 0.29) is 50.6 Å². The van der Waals surface area contributed by atoms with Crippen LogP contribution in [0.5, 0.6) is 0 Å². The van der Waals surface area contributed by atoms with Crippen molar-refractivity contribution < 1.29 is 43.2 Å². The van der Waals surface area contributed by atoms with Gasteiger partial charge < -0.3 is 45.4 Å². The number of rotatable bonds is 25. The largest absolute Gasteiger partial charge is 0.480 e. The first-order chi connectivity index (χ1) is 18.8. The number of Topliss-reactive ketones (excluding diaryl/α,β-unsaturated/α-hetero) is 1. The quantitative estimate of drug-likeness (QED) is 0.0718. The van der Waals surface area contributed by atoms with Crippen molar-refractivity contribution in [3.63, 3.8) is 0 Å². The number of methoxy groups -OCH3 is 1. The molecule has 222 valence electrons. The number of aromatic amines is 1. The lowest BCUT2D eigenvalue weighted by Crippen LogP contribution is -2.45. The molecule has 15 heteroatoms. The van der Waals surface area contributed by atoms with Crippen molar-refractivity contribution in [1.82, 2.24) is 25.9 Å². The number of ether oxygens (including phenoxy) is 4. The van der Waals surface area contributed by atoms with Gasteiger partial charge in [-0.25, -0.2) is 4.98 Å². The summed E-state index contributed by atoms with van der Waals surface area (Å²) in [6, 6.07) is -1.66. The van der Waals surface area contributed by atoms with Crippen LogP contribution in [0.15, 0.2) is 12.5 Å². The molecule has 2 atom stereocenters. The lowest BCUT2D eigenvalue weighted by Gasteiger charge is -2.16. The minimum atomic E-state index is -1.06. The van der Waals surface area contributed by atoms with Gasteiger partial charge in [-0.1, -0.05) is 0 Å². The number of carbonyl (C=O) groups is 4. The molecule has 0 aliphatic carbocycles. The van der Waals surface area contributed by atoms with Crippen molar-refractivity contribution in [2.24, 2.45) is 5.73 Å². The molecule has 7 N–H and O–H groups in total. The molecule has 2 amide bonds. The Bertz CT molecular complexity index is 825. The molecule has 1 rings (SSSR count). The van der Waals surface area contributed by atoms with Crippen molar-refractivity contribution in [2.75, 3.05) is 73.0 Å². The molecule has 39 heavy (non-hydrogen) atoms. The van der Waals surface area contributed by atoms with Crippen LogP contribution in [-0.4, -0.2) is 124 Å². The number of imidazole rings is 1. The maximum absolute atomic E-state index is 12.2. The average Bonchev–Trinajstić information content (AvgIpc) is 3.42. The van der Waals surface area contributed by atoms with E-state index in [4.69, 9.17) is 24.7 Å². The van der Waals surface area contributed by atoms with Gasteiger partial charge in [-0.15, -0.1) is 0 Å². The van der Waals surface area contributed by atoms with Crippen molar-refractivity contribution in [2.45, 2.75) is 37.8 Å². The highest BCUT2D eigenvalue weighted by atomic mass is 16.5. The third-order valence-electron chi connectivity index (χ3n) is 5.31. The SMILES string of the molecule is COCCOCC(=O)NCCOCCOCC(=O)NCCCC[C@H](NCC(=O)[C@@H](N)Cc1cnc[nH]1)C(=O)O. The van der Waals surface area contributed by atoms with Crippen LogP contribution < -0.4 is 21.7 Å². The van der Waals surface area contributed by atoms with E-state index >= 15 is 0 Å². The molecule has 0 saturated heterocycles. The minimum Gasteiger partial charge on any atom is -0.480 e. The molecule has 0 spiro atoms. The molecule has 15 nitrogen and oxygen atoms in total. The van der Waals surface area contributed by atoms with Crippen LogP contribution in [0.3, 0.4) is 0 Å². The third-order valence-corrected chi connectivity index (χ3v) is 5.31. The zero-order chi connectivity index (χ0) is 28.7. The molecular formula is C24H42N6O9. The lowest BCUT2D eigenvalue weighted by molar-refractivity contribution is -0.139. The summed E-state index contributed by atoms with van der Waals surface area (Å²) in [5, 5.41) is 17.5. The molecule has 0 aliphatic rings. The Balaban J connectivity index is 2.01. The summed E-state index contributed by atoms with van der Waals surface area (Å²) in [5.41, 5.74) is 6.60. The number of nitrogens with zero attached hydrogens (tertiary/aromatic N) is 1. The number of unbranched alkanes of at least 4 members (excludes halogenated alkanes) is 1. The van der Waals surface area contributed by atoms with Gasteiger partial charge in [-0.3, -0.25) is 24.5 Å². The van der Waals surface area contributed by atoms with Gasteiger partial charge in [-0.2, -0.15) is 0 Å². The van der Waals surface area contributed by atoms with Gasteiger partial charge in [0.25, 0.3) is 0 Å². The molecule has 0 saturated carbocycles. The summed E-state index contributed by atoms with van der Waals surface area (Å²) in [5.74, 6) is -1.88. The second-order valence-corrected chi connectivity index (χ2v) is 8.53. The lowest BCUT2D eigenvalue weighted by atomic mass is 10.1. The highest BCUT2D eigenvalue weighted by Gasteiger charge is 2.20. The fourth-order valence-electron chi connectivity index (χ4n) is 3.17. The van der Waals surface area contributed by atoms with Crippen LogP contribution in [0.2, 0.25) is 0 Å². The fourth-order valence-corrected chi connectivity index (χ4v) is 3.17. The van der Waals surface area contributed by atoms with Gasteiger partial charge in [0.05, 0.1) is 51.9 Å². The average molecular weight is 559 g/mol. The Morgan fingerprint density at radius 2 is 1.64 bits per heavy atom. The first kappa shape index (κ1) is 34.1. The first-order valence-corrected chi connectivity index (χ1v) is 12.8. The van der Waals surface area contributed by atoms with E-state index in [1.54, 1.807) is 13.3 Å². The summed E-state index contributed by atoms with van der Waals surface area (Å²) in [7, 11) is 1.55. The number of carboxylic acids is 1. The number of ketones is 1. The minimum absolute atomic E-state index is 0.0391. The van der Waals surface area contributed by atoms with Gasteiger partial charge in [0.15, 0.2) is 5.78 Å². The predicted molar refractivity (Wildman–Crippen MR) is 139 cm³/mol. The van der Waals surface area contributed by atoms with Gasteiger partial charge in [-0.05, 0) is 19.3 Å². The van der Waals surface area contributed by atoms with Gasteiger partial charge >= 0.3 is 5.97 Å². The smallest absolute Gasteiger partial charge is 0.320 e. The number of hydrogen-bond donors (Lipinski definition) is 6. The number of amides is 2. The second-order valence-electron chi connectivity index (χ2n) is 8.53. The monoisotopic (exact) mass is 558 g/mol. The van der Waals surface area contributed by atoms with E-state index in [1.807, 2.05) is 0 Å². The number of hydrogen-bond acceptors (Lipinski definition) is 11. The summed E-state index contributed by atoms with van der Waals surface area (Å²) in [6.07, 6.45) is 4.76. The molecule has 0 fully saturated rings. The van der Waals surface area contributed by atoms with Crippen LogP contribution in [0.4, 0.5) is 0 Å². The van der Waals surface area contributed by atoms with Crippen LogP contribution in [0, 0.1) is 0 Å². The van der Waals surface area contributed by atoms with Crippen LogP contribution in [0.25, 0.3) is 0 Å². The fraction of sp³-hybridized carbons (Fsp3) is 0.708. The van der Waals surface area contributed by atoms with E-state index in [2.05, 4.69) is 25.9 Å². The summed E-state index contributed by atoms with van der Waals surface area (Å²) >= 11 is 0. The summed E-state index contributed by atoms with van der Waals surface area (Å²) in [6.45, 7) is 1.96. The number of aromatic nitrogens is 2. The predicted octanol–water partition coefficient (Wildman–Crippen LogP) is -2.01. The van der Waals surface area contributed by atoms with Crippen LogP contribution in [0.1, 0.15) is 25.0 Å². The van der Waals surface area contributed by atoms with Crippen molar-refractivity contribution in [1.29, 1.82) is 0 Å². The third kappa shape index (κ3) is 18.1. The molecule has 0 bridgehead atoms. The number of nitrogens with two attached hydrogens (primary N) is 1. The number of H-pyrrole nitrogens is 1. The van der Waals surface area contributed by atoms with Crippen molar-refractivity contribution in [3.05, 3.63) is 18.2 Å². The van der Waals surface area contributed by atoms with E-state index in [1.165, 1.54) is 6.33 Å². The Kier molecular flexibility index (Phi) is 19.2. The maximum Gasteiger partial charge on any atom is 0.320 e. The van der Waals surface area contributed by atoms with Crippen molar-refractivity contribution in [3.8, 4) is 0 Å². The molecule has 1 heterocycles. The van der Waals surface area contributed by atoms with E-state index in [0.29, 0.717) is 58.6 Å². The maximum atomic E-state index is 12.2.